The third kappa shape index (κ3) is 2.78. The second-order valence-electron chi connectivity index (χ2n) is 4.35. The Morgan fingerprint density at radius 1 is 1.14 bits per heavy atom. The molecule has 1 heterocycles. The number of alkyl halides is 6. The van der Waals surface area contributed by atoms with Crippen LogP contribution >= 0.6 is 15.9 Å². The molecule has 0 spiro atoms. The molecule has 0 amide bonds. The van der Waals surface area contributed by atoms with Crippen LogP contribution in [0.4, 0.5) is 26.3 Å². The molecule has 0 aliphatic carbocycles. The highest BCUT2D eigenvalue weighted by Gasteiger charge is 2.47. The lowest BCUT2D eigenvalue weighted by molar-refractivity contribution is -0.141. The largest absolute Gasteiger partial charge is 0.454 e. The molecular formula is C12H6BrF6NO. The number of benzene rings is 1. The molecule has 2 rings (SSSR count). The van der Waals surface area contributed by atoms with E-state index in [1.54, 1.807) is 0 Å². The number of Topliss-reactive ketones (excluding diaryl/α,β-unsaturated/α-hetero) is 1. The van der Waals surface area contributed by atoms with E-state index < -0.39 is 34.8 Å². The Bertz CT molecular complexity index is 728. The van der Waals surface area contributed by atoms with Crippen LogP contribution in [0, 0.1) is 6.92 Å². The first-order chi connectivity index (χ1) is 9.43. The summed E-state index contributed by atoms with van der Waals surface area (Å²) in [6.07, 6.45) is -10.5. The van der Waals surface area contributed by atoms with E-state index in [4.69, 9.17) is 0 Å². The van der Waals surface area contributed by atoms with Gasteiger partial charge in [-0.25, -0.2) is 0 Å². The lowest BCUT2D eigenvalue weighted by Crippen LogP contribution is -2.25. The van der Waals surface area contributed by atoms with Gasteiger partial charge in [0, 0.05) is 15.4 Å². The maximum atomic E-state index is 12.9. The van der Waals surface area contributed by atoms with E-state index >= 15 is 0 Å². The number of carbonyl (C=O) groups excluding carboxylic acids is 1. The smallest absolute Gasteiger partial charge is 0.350 e. The highest BCUT2D eigenvalue weighted by Crippen LogP contribution is 2.39. The highest BCUT2D eigenvalue weighted by molar-refractivity contribution is 9.10. The Labute approximate surface area is 122 Å². The average Bonchev–Trinajstić information content (AvgIpc) is 2.65. The van der Waals surface area contributed by atoms with Gasteiger partial charge >= 0.3 is 12.4 Å². The van der Waals surface area contributed by atoms with Gasteiger partial charge in [0.1, 0.15) is 5.69 Å². The Balaban J connectivity index is 2.87. The minimum atomic E-state index is -5.39. The predicted molar refractivity (Wildman–Crippen MR) is 66.1 cm³/mol. The minimum Gasteiger partial charge on any atom is -0.350 e. The van der Waals surface area contributed by atoms with Crippen molar-refractivity contribution in [3.05, 3.63) is 33.4 Å². The second kappa shape index (κ2) is 4.75. The third-order valence-corrected chi connectivity index (χ3v) is 3.70. The fraction of sp³-hybridized carbons (Fsp3) is 0.250. The first kappa shape index (κ1) is 15.9. The maximum absolute atomic E-state index is 12.9. The van der Waals surface area contributed by atoms with Gasteiger partial charge in [0.15, 0.2) is 0 Å². The summed E-state index contributed by atoms with van der Waals surface area (Å²) in [5.74, 6) is -2.53. The van der Waals surface area contributed by atoms with Gasteiger partial charge in [-0.3, -0.25) is 4.79 Å². The van der Waals surface area contributed by atoms with E-state index in [9.17, 15) is 31.1 Å². The van der Waals surface area contributed by atoms with E-state index in [1.165, 1.54) is 13.0 Å². The monoisotopic (exact) mass is 373 g/mol. The molecule has 0 fully saturated rings. The quantitative estimate of drug-likeness (QED) is 0.553. The number of rotatable bonds is 1. The van der Waals surface area contributed by atoms with Gasteiger partial charge in [-0.1, -0.05) is 15.9 Å². The van der Waals surface area contributed by atoms with E-state index in [2.05, 4.69) is 15.9 Å². The number of aromatic amines is 1. The second-order valence-corrected chi connectivity index (χ2v) is 5.20. The zero-order valence-corrected chi connectivity index (χ0v) is 11.8. The van der Waals surface area contributed by atoms with Crippen molar-refractivity contribution in [3.63, 3.8) is 0 Å². The summed E-state index contributed by atoms with van der Waals surface area (Å²) in [4.78, 5) is 13.2. The molecule has 0 bridgehead atoms. The minimum absolute atomic E-state index is 0.201. The van der Waals surface area contributed by atoms with Crippen LogP contribution in [0.2, 0.25) is 0 Å². The average molecular weight is 374 g/mol. The van der Waals surface area contributed by atoms with Gasteiger partial charge in [0.2, 0.25) is 0 Å². The number of H-pyrrole nitrogens is 1. The van der Waals surface area contributed by atoms with E-state index in [0.717, 1.165) is 6.07 Å². The molecule has 0 unspecified atom stereocenters. The van der Waals surface area contributed by atoms with Crippen LogP contribution in [0.15, 0.2) is 16.6 Å². The molecule has 2 nitrogen and oxygen atoms in total. The summed E-state index contributed by atoms with van der Waals surface area (Å²) in [5, 5.41) is -0.412. The van der Waals surface area contributed by atoms with Gasteiger partial charge in [-0.2, -0.15) is 26.3 Å². The van der Waals surface area contributed by atoms with Crippen LogP contribution in [0.5, 0.6) is 0 Å². The number of fused-ring (bicyclic) bond motifs is 1. The fourth-order valence-electron chi connectivity index (χ4n) is 1.91. The van der Waals surface area contributed by atoms with E-state index in [-0.39, 0.29) is 5.52 Å². The van der Waals surface area contributed by atoms with E-state index in [0.29, 0.717) is 10.0 Å². The lowest BCUT2D eigenvalue weighted by Gasteiger charge is -2.09. The van der Waals surface area contributed by atoms with Crippen molar-refractivity contribution in [1.29, 1.82) is 0 Å². The number of aromatic nitrogens is 1. The standard InChI is InChI=1S/C12H6BrF6NO/c1-4-2-5-7(3-6(4)13)20-9(11(14,15)16)8(5)10(21)12(17,18)19/h2-3,20H,1H3. The number of carbonyl (C=O) groups is 1. The zero-order valence-electron chi connectivity index (χ0n) is 10.2. The molecule has 0 saturated carbocycles. The Kier molecular flexibility index (Phi) is 3.59. The SMILES string of the molecule is Cc1cc2c(C(=O)C(F)(F)F)c(C(F)(F)F)[nH]c2cc1Br. The van der Waals surface area contributed by atoms with Gasteiger partial charge in [0.05, 0.1) is 5.56 Å². The van der Waals surface area contributed by atoms with Crippen molar-refractivity contribution in [3.8, 4) is 0 Å². The molecule has 0 saturated heterocycles. The molecule has 1 N–H and O–H groups in total. The normalized spacial score (nSPS) is 13.0. The molecule has 0 aliphatic rings. The number of ketones is 1. The number of aryl methyl sites for hydroxylation is 1. The van der Waals surface area contributed by atoms with Crippen molar-refractivity contribution in [2.75, 3.05) is 0 Å². The summed E-state index contributed by atoms with van der Waals surface area (Å²) in [7, 11) is 0. The molecule has 21 heavy (non-hydrogen) atoms. The molecule has 1 aromatic carbocycles. The molecule has 114 valence electrons. The summed E-state index contributed by atoms with van der Waals surface area (Å²) >= 11 is 3.07. The van der Waals surface area contributed by atoms with E-state index in [1.807, 2.05) is 4.98 Å². The Morgan fingerprint density at radius 3 is 2.19 bits per heavy atom. The van der Waals surface area contributed by atoms with Crippen molar-refractivity contribution >= 4 is 32.6 Å². The van der Waals surface area contributed by atoms with Gasteiger partial charge in [-0.15, -0.1) is 0 Å². The molecule has 9 heteroatoms. The summed E-state index contributed by atoms with van der Waals surface area (Å²) < 4.78 is 76.7. The topological polar surface area (TPSA) is 32.9 Å². The number of halogens is 7. The van der Waals surface area contributed by atoms with Crippen LogP contribution in [0.1, 0.15) is 21.6 Å². The highest BCUT2D eigenvalue weighted by atomic mass is 79.9. The van der Waals surface area contributed by atoms with Crippen LogP contribution in [-0.2, 0) is 6.18 Å². The molecule has 0 atom stereocenters. The maximum Gasteiger partial charge on any atom is 0.454 e. The first-order valence-electron chi connectivity index (χ1n) is 5.43. The summed E-state index contributed by atoms with van der Waals surface area (Å²) in [5.41, 5.74) is -2.89. The van der Waals surface area contributed by atoms with Gasteiger partial charge in [0.25, 0.3) is 5.78 Å². The molecule has 1 aromatic heterocycles. The van der Waals surface area contributed by atoms with Crippen molar-refractivity contribution in [1.82, 2.24) is 4.98 Å². The predicted octanol–water partition coefficient (Wildman–Crippen LogP) is 5.00. The van der Waals surface area contributed by atoms with Gasteiger partial charge < -0.3 is 4.98 Å². The number of hydrogen-bond donors (Lipinski definition) is 1. The third-order valence-electron chi connectivity index (χ3n) is 2.85. The van der Waals surface area contributed by atoms with Crippen LogP contribution in [0.25, 0.3) is 10.9 Å². The summed E-state index contributed by atoms with van der Waals surface area (Å²) in [6, 6.07) is 2.30. The van der Waals surface area contributed by atoms with Crippen LogP contribution in [0.3, 0.4) is 0 Å². The molecule has 0 aliphatic heterocycles. The van der Waals surface area contributed by atoms with Crippen molar-refractivity contribution < 1.29 is 31.1 Å². The molecule has 0 radical (unpaired) electrons. The number of hydrogen-bond acceptors (Lipinski definition) is 1. The Hall–Kier alpha value is -1.51. The van der Waals surface area contributed by atoms with Crippen molar-refractivity contribution in [2.24, 2.45) is 0 Å². The first-order valence-corrected chi connectivity index (χ1v) is 6.22. The Morgan fingerprint density at radius 2 is 1.71 bits per heavy atom. The number of nitrogens with one attached hydrogen (secondary N) is 1. The molecular weight excluding hydrogens is 368 g/mol. The fourth-order valence-corrected chi connectivity index (χ4v) is 2.26. The van der Waals surface area contributed by atoms with Crippen LogP contribution < -0.4 is 0 Å². The van der Waals surface area contributed by atoms with Crippen molar-refractivity contribution in [2.45, 2.75) is 19.3 Å². The lowest BCUT2D eigenvalue weighted by atomic mass is 10.0. The summed E-state index contributed by atoms with van der Waals surface area (Å²) in [6.45, 7) is 1.49. The van der Waals surface area contributed by atoms with Crippen LogP contribution in [-0.4, -0.2) is 16.9 Å². The molecule has 2 aromatic rings. The van der Waals surface area contributed by atoms with Gasteiger partial charge in [-0.05, 0) is 24.6 Å². The zero-order chi connectivity index (χ0) is 16.2.